The van der Waals surface area contributed by atoms with Crippen molar-refractivity contribution in [1.82, 2.24) is 4.98 Å². The van der Waals surface area contributed by atoms with Gasteiger partial charge in [0.1, 0.15) is 0 Å². The molecule has 4 nitrogen and oxygen atoms in total. The lowest BCUT2D eigenvalue weighted by molar-refractivity contribution is -0.0499. The Morgan fingerprint density at radius 2 is 1.54 bits per heavy atom. The number of alkyl halides is 3. The van der Waals surface area contributed by atoms with Crippen LogP contribution >= 0.6 is 0 Å². The van der Waals surface area contributed by atoms with Gasteiger partial charge in [0.05, 0.1) is 5.52 Å². The average molecular weight is 403 g/mol. The molecule has 0 spiro atoms. The quantitative estimate of drug-likeness (QED) is 0.345. The second kappa shape index (κ2) is 6.49. The Kier molecular flexibility index (Phi) is 4.23. The molecule has 1 aromatic heterocycles. The highest BCUT2D eigenvalue weighted by atomic mass is 32.2. The van der Waals surface area contributed by atoms with Gasteiger partial charge in [-0.2, -0.15) is 21.6 Å². The van der Waals surface area contributed by atoms with Crippen LogP contribution in [-0.4, -0.2) is 18.9 Å². The van der Waals surface area contributed by atoms with E-state index in [0.717, 1.165) is 5.39 Å². The van der Waals surface area contributed by atoms with Crippen LogP contribution in [0.1, 0.15) is 0 Å². The number of nitrogens with zero attached hydrogens (tertiary/aromatic N) is 1. The number of aromatic nitrogens is 1. The highest BCUT2D eigenvalue weighted by molar-refractivity contribution is 7.88. The van der Waals surface area contributed by atoms with Gasteiger partial charge in [-0.1, -0.05) is 42.5 Å². The van der Waals surface area contributed by atoms with Gasteiger partial charge in [0, 0.05) is 17.1 Å². The topological polar surface area (TPSA) is 56.3 Å². The molecule has 0 aliphatic heterocycles. The van der Waals surface area contributed by atoms with Crippen molar-refractivity contribution in [3.05, 3.63) is 72.9 Å². The van der Waals surface area contributed by atoms with Crippen LogP contribution in [-0.2, 0) is 10.1 Å². The number of rotatable bonds is 3. The molecule has 0 unspecified atom stereocenters. The van der Waals surface area contributed by atoms with Crippen LogP contribution in [0.3, 0.4) is 0 Å². The molecule has 1 heterocycles. The molecule has 0 saturated carbocycles. The minimum atomic E-state index is -5.82. The first-order valence-electron chi connectivity index (χ1n) is 8.14. The molecule has 0 saturated heterocycles. The highest BCUT2D eigenvalue weighted by Gasteiger charge is 2.48. The third kappa shape index (κ3) is 3.16. The van der Waals surface area contributed by atoms with E-state index < -0.39 is 21.4 Å². The van der Waals surface area contributed by atoms with Gasteiger partial charge in [0.15, 0.2) is 5.75 Å². The number of benzene rings is 3. The van der Waals surface area contributed by atoms with Crippen LogP contribution in [0, 0.1) is 0 Å². The number of fused-ring (bicyclic) bond motifs is 2. The van der Waals surface area contributed by atoms with Gasteiger partial charge in [-0.25, -0.2) is 0 Å². The molecule has 3 aromatic carbocycles. The Labute approximate surface area is 158 Å². The van der Waals surface area contributed by atoms with Gasteiger partial charge >= 0.3 is 15.6 Å². The molecule has 0 amide bonds. The third-order valence-electron chi connectivity index (χ3n) is 4.27. The summed E-state index contributed by atoms with van der Waals surface area (Å²) in [5, 5.41) is 1.95. The van der Waals surface area contributed by atoms with Gasteiger partial charge in [-0.15, -0.1) is 0 Å². The predicted octanol–water partition coefficient (Wildman–Crippen LogP) is 5.28. The third-order valence-corrected chi connectivity index (χ3v) is 5.23. The van der Waals surface area contributed by atoms with Crippen LogP contribution in [0.15, 0.2) is 72.9 Å². The van der Waals surface area contributed by atoms with E-state index >= 15 is 0 Å². The maximum atomic E-state index is 12.9. The largest absolute Gasteiger partial charge is 0.534 e. The lowest BCUT2D eigenvalue weighted by atomic mass is 9.97. The minimum Gasteiger partial charge on any atom is -0.375 e. The Hall–Kier alpha value is -3.13. The highest BCUT2D eigenvalue weighted by Crippen LogP contribution is 2.39. The second-order valence-corrected chi connectivity index (χ2v) is 7.59. The van der Waals surface area contributed by atoms with Crippen molar-refractivity contribution in [2.75, 3.05) is 0 Å². The molecule has 0 atom stereocenters. The molecule has 0 bridgehead atoms. The molecular weight excluding hydrogens is 391 g/mol. The van der Waals surface area contributed by atoms with Crippen LogP contribution in [0.25, 0.3) is 32.8 Å². The van der Waals surface area contributed by atoms with E-state index in [1.54, 1.807) is 66.9 Å². The van der Waals surface area contributed by atoms with Crippen molar-refractivity contribution >= 4 is 31.8 Å². The summed E-state index contributed by atoms with van der Waals surface area (Å²) in [5.41, 5.74) is -4.16. The van der Waals surface area contributed by atoms with Crippen LogP contribution < -0.4 is 4.18 Å². The second-order valence-electron chi connectivity index (χ2n) is 6.05. The summed E-state index contributed by atoms with van der Waals surface area (Å²) in [7, 11) is -5.82. The van der Waals surface area contributed by atoms with E-state index in [-0.39, 0.29) is 5.56 Å². The fraction of sp³-hybridized carbons (Fsp3) is 0.0500. The summed E-state index contributed by atoms with van der Waals surface area (Å²) >= 11 is 0. The Morgan fingerprint density at radius 1 is 0.821 bits per heavy atom. The minimum absolute atomic E-state index is 0.227. The smallest absolute Gasteiger partial charge is 0.375 e. The van der Waals surface area contributed by atoms with Crippen molar-refractivity contribution in [3.8, 4) is 16.9 Å². The van der Waals surface area contributed by atoms with Gasteiger partial charge in [0.2, 0.25) is 0 Å². The van der Waals surface area contributed by atoms with E-state index in [1.165, 1.54) is 6.07 Å². The Balaban J connectivity index is 2.01. The lowest BCUT2D eigenvalue weighted by Crippen LogP contribution is -2.28. The molecule has 28 heavy (non-hydrogen) atoms. The summed E-state index contributed by atoms with van der Waals surface area (Å²) in [6.07, 6.45) is 1.60. The number of hydrogen-bond acceptors (Lipinski definition) is 4. The number of pyridine rings is 1. The first kappa shape index (κ1) is 18.2. The summed E-state index contributed by atoms with van der Waals surface area (Å²) in [5.74, 6) is -0.396. The molecular formula is C20H12F3NO3S. The molecule has 0 aliphatic carbocycles. The van der Waals surface area contributed by atoms with Crippen LogP contribution in [0.5, 0.6) is 5.75 Å². The van der Waals surface area contributed by atoms with E-state index in [4.69, 9.17) is 0 Å². The average Bonchev–Trinajstić information content (AvgIpc) is 2.66. The SMILES string of the molecule is O=S(=O)(Oc1cc2ccccc2cc1-c1cccc2ncccc12)C(F)(F)F. The molecule has 142 valence electrons. The van der Waals surface area contributed by atoms with Gasteiger partial charge in [-0.05, 0) is 40.6 Å². The fourth-order valence-electron chi connectivity index (χ4n) is 3.00. The Morgan fingerprint density at radius 3 is 2.25 bits per heavy atom. The van der Waals surface area contributed by atoms with Crippen molar-refractivity contribution < 1.29 is 25.8 Å². The maximum absolute atomic E-state index is 12.9. The van der Waals surface area contributed by atoms with E-state index in [9.17, 15) is 21.6 Å². The van der Waals surface area contributed by atoms with Crippen molar-refractivity contribution in [2.24, 2.45) is 0 Å². The Bertz CT molecular complexity index is 1300. The van der Waals surface area contributed by atoms with E-state index in [1.807, 2.05) is 0 Å². The van der Waals surface area contributed by atoms with Gasteiger partial charge < -0.3 is 4.18 Å². The number of hydrogen-bond donors (Lipinski definition) is 0. The fourth-order valence-corrected chi connectivity index (χ4v) is 3.47. The summed E-state index contributed by atoms with van der Waals surface area (Å²) in [6, 6.07) is 18.4. The van der Waals surface area contributed by atoms with Crippen molar-refractivity contribution in [3.63, 3.8) is 0 Å². The molecule has 8 heteroatoms. The van der Waals surface area contributed by atoms with Crippen molar-refractivity contribution in [1.29, 1.82) is 0 Å². The molecule has 0 N–H and O–H groups in total. The molecule has 0 aliphatic rings. The van der Waals surface area contributed by atoms with E-state index in [0.29, 0.717) is 21.9 Å². The zero-order valence-electron chi connectivity index (χ0n) is 14.1. The zero-order chi connectivity index (χ0) is 19.9. The maximum Gasteiger partial charge on any atom is 0.534 e. The van der Waals surface area contributed by atoms with Crippen LogP contribution in [0.2, 0.25) is 0 Å². The molecule has 0 radical (unpaired) electrons. The summed E-state index contributed by atoms with van der Waals surface area (Å²) in [4.78, 5) is 4.23. The normalized spacial score (nSPS) is 12.4. The van der Waals surface area contributed by atoms with Crippen molar-refractivity contribution in [2.45, 2.75) is 5.51 Å². The lowest BCUT2D eigenvalue weighted by Gasteiger charge is -2.15. The first-order chi connectivity index (χ1) is 13.3. The molecule has 0 fully saturated rings. The van der Waals surface area contributed by atoms with Gasteiger partial charge in [-0.3, -0.25) is 4.98 Å². The number of halogens is 3. The first-order valence-corrected chi connectivity index (χ1v) is 9.55. The predicted molar refractivity (Wildman–Crippen MR) is 100 cm³/mol. The summed E-state index contributed by atoms with van der Waals surface area (Å²) < 4.78 is 66.5. The monoisotopic (exact) mass is 403 g/mol. The van der Waals surface area contributed by atoms with Gasteiger partial charge in [0.25, 0.3) is 0 Å². The summed E-state index contributed by atoms with van der Waals surface area (Å²) in [6.45, 7) is 0. The van der Waals surface area contributed by atoms with Crippen LogP contribution in [0.4, 0.5) is 13.2 Å². The zero-order valence-corrected chi connectivity index (χ0v) is 15.0. The molecule has 4 rings (SSSR count). The molecule has 4 aromatic rings. The standard InChI is InChI=1S/C20H12F3NO3S/c21-20(22,23)28(25,26)27-19-12-14-6-2-1-5-13(14)11-17(19)15-7-3-9-18-16(15)8-4-10-24-18/h1-12H. The van der Waals surface area contributed by atoms with E-state index in [2.05, 4.69) is 9.17 Å².